The normalized spacial score (nSPS) is 17.4. The summed E-state index contributed by atoms with van der Waals surface area (Å²) in [7, 11) is 1.30. The first-order valence-corrected chi connectivity index (χ1v) is 14.1. The van der Waals surface area contributed by atoms with Crippen LogP contribution in [-0.2, 0) is 33.4 Å². The fraction of sp³-hybridized carbons (Fsp3) is 0.818. The van der Waals surface area contributed by atoms with Crippen molar-refractivity contribution in [2.24, 2.45) is 0 Å². The maximum atomic E-state index is 12.9. The van der Waals surface area contributed by atoms with Gasteiger partial charge in [-0.3, -0.25) is 19.7 Å². The molecule has 36 heavy (non-hydrogen) atoms. The van der Waals surface area contributed by atoms with Crippen molar-refractivity contribution in [2.75, 3.05) is 51.5 Å². The number of amides is 1. The fourth-order valence-corrected chi connectivity index (χ4v) is 4.61. The van der Waals surface area contributed by atoms with Crippen LogP contribution in [0.5, 0.6) is 0 Å². The first-order valence-electron chi connectivity index (χ1n) is 11.8. The Morgan fingerprint density at radius 2 is 1.89 bits per heavy atom. The molecule has 14 heteroatoms. The molecule has 208 valence electrons. The van der Waals surface area contributed by atoms with Crippen LogP contribution in [0, 0.1) is 0 Å². The van der Waals surface area contributed by atoms with Gasteiger partial charge in [-0.15, -0.1) is 0 Å². The molecule has 1 saturated heterocycles. The Hall–Kier alpha value is -0.980. The molecule has 1 amide bonds. The summed E-state index contributed by atoms with van der Waals surface area (Å²) in [6, 6.07) is -1.95. The second-order valence-electron chi connectivity index (χ2n) is 8.11. The number of carbonyl (C=O) groups is 4. The van der Waals surface area contributed by atoms with Gasteiger partial charge in [0.05, 0.1) is 19.8 Å². The Morgan fingerprint density at radius 3 is 2.53 bits per heavy atom. The molecule has 1 rings (SSSR count). The average Bonchev–Trinajstić information content (AvgIpc) is 3.32. The van der Waals surface area contributed by atoms with E-state index in [-0.39, 0.29) is 25.5 Å². The molecule has 0 aromatic rings. The van der Waals surface area contributed by atoms with Crippen LogP contribution >= 0.6 is 46.6 Å². The molecule has 1 fully saturated rings. The van der Waals surface area contributed by atoms with E-state index >= 15 is 0 Å². The topological polar surface area (TPSA) is 123 Å². The van der Waals surface area contributed by atoms with E-state index in [9.17, 15) is 19.2 Å². The first kappa shape index (κ1) is 33.0. The zero-order valence-corrected chi connectivity index (χ0v) is 23.9. The minimum Gasteiger partial charge on any atom is -0.467 e. The lowest BCUT2D eigenvalue weighted by molar-refractivity contribution is -0.152. The third-order valence-corrected chi connectivity index (χ3v) is 6.63. The zero-order chi connectivity index (χ0) is 27.1. The largest absolute Gasteiger partial charge is 0.467 e. The van der Waals surface area contributed by atoms with Crippen LogP contribution in [0.4, 0.5) is 0 Å². The molecular formula is C22H36Cl3N3O7S. The summed E-state index contributed by atoms with van der Waals surface area (Å²) in [5.74, 6) is -0.446. The quantitative estimate of drug-likeness (QED) is 0.119. The number of rotatable bonds is 16. The number of hydrogen-bond acceptors (Lipinski definition) is 10. The van der Waals surface area contributed by atoms with Crippen LogP contribution < -0.4 is 10.6 Å². The number of nitrogens with zero attached hydrogens (tertiary/aromatic N) is 1. The molecule has 2 N–H and O–H groups in total. The second kappa shape index (κ2) is 17.5. The van der Waals surface area contributed by atoms with Crippen molar-refractivity contribution < 1.29 is 33.4 Å². The molecule has 0 saturated carbocycles. The molecular weight excluding hydrogens is 557 g/mol. The number of likely N-dealkylation sites (tertiary alicyclic amines) is 1. The lowest BCUT2D eigenvalue weighted by Crippen LogP contribution is -2.54. The summed E-state index contributed by atoms with van der Waals surface area (Å²) in [5.41, 5.74) is 0. The number of thioether (sulfide) groups is 1. The number of methoxy groups -OCH3 is 1. The van der Waals surface area contributed by atoms with Crippen molar-refractivity contribution in [1.82, 2.24) is 15.5 Å². The van der Waals surface area contributed by atoms with Crippen LogP contribution in [0.25, 0.3) is 0 Å². The van der Waals surface area contributed by atoms with E-state index in [0.717, 1.165) is 6.42 Å². The van der Waals surface area contributed by atoms with Gasteiger partial charge in [-0.05, 0) is 39.7 Å². The molecule has 0 radical (unpaired) electrons. The zero-order valence-electron chi connectivity index (χ0n) is 20.9. The number of ether oxygens (including phenoxy) is 3. The van der Waals surface area contributed by atoms with Crippen LogP contribution in [0.3, 0.4) is 0 Å². The summed E-state index contributed by atoms with van der Waals surface area (Å²) in [4.78, 5) is 50.4. The third kappa shape index (κ3) is 13.0. The number of alkyl halides is 3. The molecule has 1 aliphatic rings. The van der Waals surface area contributed by atoms with Crippen LogP contribution in [0.2, 0.25) is 0 Å². The molecule has 0 bridgehead atoms. The number of hydrogen-bond donors (Lipinski definition) is 2. The van der Waals surface area contributed by atoms with Gasteiger partial charge in [0.15, 0.2) is 0 Å². The van der Waals surface area contributed by atoms with E-state index in [1.165, 1.54) is 23.8 Å². The van der Waals surface area contributed by atoms with Crippen molar-refractivity contribution in [3.05, 3.63) is 0 Å². The third-order valence-electron chi connectivity index (χ3n) is 5.24. The van der Waals surface area contributed by atoms with Gasteiger partial charge in [-0.25, -0.2) is 4.79 Å². The van der Waals surface area contributed by atoms with E-state index in [4.69, 9.17) is 49.0 Å². The predicted molar refractivity (Wildman–Crippen MR) is 140 cm³/mol. The van der Waals surface area contributed by atoms with Crippen molar-refractivity contribution >= 4 is 70.4 Å². The standard InChI is InChI=1S/C22H36Cl3N3O7S/c1-4-34-20(31)16(27-15(2)19(30)28-11-6-7-17(28)21(32)33-3)13-36-12-10-26-9-5-8-18(29)35-14-22(23,24)25/h15-17,26-27H,4-14H2,1-3H3/t15?,16-,17-/m0/s1. The van der Waals surface area contributed by atoms with Gasteiger partial charge in [0.1, 0.15) is 18.7 Å². The van der Waals surface area contributed by atoms with Gasteiger partial charge in [0, 0.05) is 31.0 Å². The van der Waals surface area contributed by atoms with Crippen molar-refractivity contribution in [3.8, 4) is 0 Å². The highest BCUT2D eigenvalue weighted by atomic mass is 35.6. The van der Waals surface area contributed by atoms with E-state index in [1.807, 2.05) is 0 Å². The van der Waals surface area contributed by atoms with E-state index in [0.29, 0.717) is 44.0 Å². The van der Waals surface area contributed by atoms with Gasteiger partial charge in [0.25, 0.3) is 0 Å². The van der Waals surface area contributed by atoms with Crippen LogP contribution in [0.1, 0.15) is 39.5 Å². The van der Waals surface area contributed by atoms with Gasteiger partial charge in [0.2, 0.25) is 9.70 Å². The molecule has 1 unspecified atom stereocenters. The maximum Gasteiger partial charge on any atom is 0.328 e. The van der Waals surface area contributed by atoms with E-state index < -0.39 is 39.8 Å². The Kier molecular flexibility index (Phi) is 16.1. The van der Waals surface area contributed by atoms with E-state index in [2.05, 4.69) is 10.6 Å². The Morgan fingerprint density at radius 1 is 1.17 bits per heavy atom. The highest BCUT2D eigenvalue weighted by Gasteiger charge is 2.37. The second-order valence-corrected chi connectivity index (χ2v) is 11.8. The smallest absolute Gasteiger partial charge is 0.328 e. The molecule has 0 spiro atoms. The van der Waals surface area contributed by atoms with Gasteiger partial charge in [-0.1, -0.05) is 34.8 Å². The number of esters is 3. The van der Waals surface area contributed by atoms with Gasteiger partial charge >= 0.3 is 17.9 Å². The molecule has 0 aliphatic carbocycles. The minimum atomic E-state index is -1.62. The lowest BCUT2D eigenvalue weighted by Gasteiger charge is -2.28. The van der Waals surface area contributed by atoms with Crippen molar-refractivity contribution in [3.63, 3.8) is 0 Å². The highest BCUT2D eigenvalue weighted by Crippen LogP contribution is 2.26. The Bertz CT molecular complexity index is 727. The number of halogens is 3. The van der Waals surface area contributed by atoms with E-state index in [1.54, 1.807) is 13.8 Å². The minimum absolute atomic E-state index is 0.204. The summed E-state index contributed by atoms with van der Waals surface area (Å²) in [6.07, 6.45) is 2.05. The average molecular weight is 593 g/mol. The van der Waals surface area contributed by atoms with Gasteiger partial charge in [-0.2, -0.15) is 11.8 Å². The number of nitrogens with one attached hydrogen (secondary N) is 2. The molecule has 1 aliphatic heterocycles. The first-order chi connectivity index (χ1) is 17.0. The summed E-state index contributed by atoms with van der Waals surface area (Å²) in [6.45, 7) is 5.07. The molecule has 10 nitrogen and oxygen atoms in total. The fourth-order valence-electron chi connectivity index (χ4n) is 3.52. The molecule has 0 aromatic carbocycles. The highest BCUT2D eigenvalue weighted by molar-refractivity contribution is 7.99. The lowest BCUT2D eigenvalue weighted by atomic mass is 10.2. The Labute approximate surface area is 231 Å². The van der Waals surface area contributed by atoms with Crippen molar-refractivity contribution in [2.45, 2.75) is 61.4 Å². The maximum absolute atomic E-state index is 12.9. The summed E-state index contributed by atoms with van der Waals surface area (Å²) >= 11 is 18.1. The SMILES string of the molecule is CCOC(=O)[C@H](CSCCNCCCC(=O)OCC(Cl)(Cl)Cl)NC(C)C(=O)N1CCC[C@H]1C(=O)OC. The van der Waals surface area contributed by atoms with Gasteiger partial charge < -0.3 is 24.4 Å². The number of carbonyl (C=O) groups excluding carboxylic acids is 4. The molecule has 1 heterocycles. The molecule has 3 atom stereocenters. The van der Waals surface area contributed by atoms with Crippen LogP contribution in [-0.4, -0.2) is 102 Å². The monoisotopic (exact) mass is 591 g/mol. The summed E-state index contributed by atoms with van der Waals surface area (Å²) < 4.78 is 13.2. The summed E-state index contributed by atoms with van der Waals surface area (Å²) in [5, 5.41) is 6.27. The van der Waals surface area contributed by atoms with Crippen LogP contribution in [0.15, 0.2) is 0 Å². The molecule has 0 aromatic heterocycles. The van der Waals surface area contributed by atoms with Crippen molar-refractivity contribution in [1.29, 1.82) is 0 Å². The Balaban J connectivity index is 2.39. The predicted octanol–water partition coefficient (Wildman–Crippen LogP) is 2.08.